The molecule has 7 N–H and O–H groups in total. The highest BCUT2D eigenvalue weighted by Gasteiger charge is 2.27. The van der Waals surface area contributed by atoms with Gasteiger partial charge in [0.05, 0.1) is 32.8 Å². The van der Waals surface area contributed by atoms with Crippen molar-refractivity contribution in [1.29, 1.82) is 0 Å². The SMILES string of the molecule is C=N[C@H](C(=O)N[C@@H](CCCCNC(=O)CN(CCN(CC(=O)O)CC(=O)O)CC(=O)O)C(=O)Nc1ccc(CO)cc1)C(C)C. The number of nitrogens with zero attached hydrogens (tertiary/aromatic N) is 3. The number of carboxylic acids is 3. The van der Waals surface area contributed by atoms with E-state index >= 15 is 0 Å². The fourth-order valence-corrected chi connectivity index (χ4v) is 4.29. The average Bonchev–Trinajstić information content (AvgIpc) is 2.94. The van der Waals surface area contributed by atoms with Crippen molar-refractivity contribution in [2.24, 2.45) is 10.9 Å². The van der Waals surface area contributed by atoms with Crippen molar-refractivity contribution in [2.45, 2.75) is 51.8 Å². The second-order valence-corrected chi connectivity index (χ2v) is 10.7. The molecule has 1 aromatic carbocycles. The number of carboxylic acid groups (broad SMARTS) is 3. The van der Waals surface area contributed by atoms with Crippen molar-refractivity contribution >= 4 is 48.0 Å². The molecule has 0 saturated carbocycles. The van der Waals surface area contributed by atoms with Crippen LogP contribution in [0, 0.1) is 5.92 Å². The van der Waals surface area contributed by atoms with Crippen LogP contribution in [0.4, 0.5) is 5.69 Å². The Morgan fingerprint density at radius 2 is 1.36 bits per heavy atom. The number of carbonyl (C=O) groups is 6. The smallest absolute Gasteiger partial charge is 0.317 e. The maximum Gasteiger partial charge on any atom is 0.317 e. The lowest BCUT2D eigenvalue weighted by Crippen LogP contribution is -2.48. The molecule has 0 saturated heterocycles. The highest BCUT2D eigenvalue weighted by molar-refractivity contribution is 5.98. The van der Waals surface area contributed by atoms with Gasteiger partial charge in [0, 0.05) is 25.3 Å². The van der Waals surface area contributed by atoms with Gasteiger partial charge in [-0.2, -0.15) is 0 Å². The van der Waals surface area contributed by atoms with Crippen molar-refractivity contribution in [2.75, 3.05) is 51.1 Å². The number of nitrogens with one attached hydrogen (secondary N) is 3. The maximum absolute atomic E-state index is 13.1. The molecule has 0 heterocycles. The number of hydrogen-bond acceptors (Lipinski definition) is 10. The molecule has 0 aliphatic heterocycles. The summed E-state index contributed by atoms with van der Waals surface area (Å²) in [7, 11) is 0. The number of aliphatic hydroxyl groups excluding tert-OH is 1. The van der Waals surface area contributed by atoms with E-state index in [9.17, 15) is 39.0 Å². The van der Waals surface area contributed by atoms with Gasteiger partial charge in [-0.25, -0.2) is 0 Å². The van der Waals surface area contributed by atoms with E-state index in [0.29, 0.717) is 24.1 Å². The molecular weight excluding hydrogens is 592 g/mol. The molecule has 1 rings (SSSR count). The lowest BCUT2D eigenvalue weighted by molar-refractivity contribution is -0.143. The minimum absolute atomic E-state index is 0.0591. The van der Waals surface area contributed by atoms with Crippen molar-refractivity contribution < 1.29 is 49.2 Å². The maximum atomic E-state index is 13.1. The van der Waals surface area contributed by atoms with Crippen LogP contribution in [-0.2, 0) is 35.4 Å². The molecule has 45 heavy (non-hydrogen) atoms. The molecule has 0 aromatic heterocycles. The Morgan fingerprint density at radius 1 is 0.822 bits per heavy atom. The summed E-state index contributed by atoms with van der Waals surface area (Å²) in [6, 6.07) is 4.90. The number of rotatable bonds is 23. The lowest BCUT2D eigenvalue weighted by atomic mass is 10.0. The summed E-state index contributed by atoms with van der Waals surface area (Å²) in [6.07, 6.45) is 1.08. The number of amides is 3. The fraction of sp³-hybridized carbons (Fsp3) is 0.552. The second kappa shape index (κ2) is 20.5. The fourth-order valence-electron chi connectivity index (χ4n) is 4.29. The summed E-state index contributed by atoms with van der Waals surface area (Å²) in [5, 5.41) is 44.5. The van der Waals surface area contributed by atoms with E-state index < -0.39 is 67.3 Å². The molecular formula is C29H44N6O10. The Hall–Kier alpha value is -4.41. The highest BCUT2D eigenvalue weighted by Crippen LogP contribution is 2.13. The van der Waals surface area contributed by atoms with Gasteiger partial charge >= 0.3 is 17.9 Å². The van der Waals surface area contributed by atoms with Crippen LogP contribution in [0.5, 0.6) is 0 Å². The van der Waals surface area contributed by atoms with E-state index in [0.717, 1.165) is 4.90 Å². The van der Waals surface area contributed by atoms with E-state index in [4.69, 9.17) is 10.2 Å². The highest BCUT2D eigenvalue weighted by atomic mass is 16.4. The van der Waals surface area contributed by atoms with Gasteiger partial charge in [-0.3, -0.25) is 43.6 Å². The summed E-state index contributed by atoms with van der Waals surface area (Å²) >= 11 is 0. The molecule has 0 aliphatic rings. The van der Waals surface area contributed by atoms with Crippen LogP contribution in [0.3, 0.4) is 0 Å². The van der Waals surface area contributed by atoms with E-state index in [1.807, 2.05) is 0 Å². The number of benzene rings is 1. The molecule has 16 heteroatoms. The number of aliphatic imine (C=N–C) groups is 1. The summed E-state index contributed by atoms with van der Waals surface area (Å²) in [6.45, 7) is 5.02. The standard InChI is InChI=1S/C29H44N6O10/c1-19(2)27(30-3)29(45)33-22(28(44)32-21-9-7-20(18-36)8-10-21)6-4-5-11-31-23(37)14-34(15-24(38)39)12-13-35(16-25(40)41)17-26(42)43/h7-10,19,22,27,36H,3-6,11-18H2,1-2H3,(H,31,37)(H,32,44)(H,33,45)(H,38,39)(H,40,41)(H,42,43)/t22-,27-/m0/s1. The van der Waals surface area contributed by atoms with Gasteiger partial charge in [-0.05, 0) is 49.6 Å². The number of aliphatic carboxylic acids is 3. The van der Waals surface area contributed by atoms with Crippen molar-refractivity contribution in [3.05, 3.63) is 29.8 Å². The largest absolute Gasteiger partial charge is 0.480 e. The number of unbranched alkanes of at least 4 members (excludes halogenated alkanes) is 1. The molecule has 0 fully saturated rings. The van der Waals surface area contributed by atoms with Gasteiger partial charge in [0.1, 0.15) is 12.1 Å². The molecule has 1 aromatic rings. The monoisotopic (exact) mass is 636 g/mol. The van der Waals surface area contributed by atoms with Crippen LogP contribution in [0.25, 0.3) is 0 Å². The zero-order valence-corrected chi connectivity index (χ0v) is 25.6. The minimum Gasteiger partial charge on any atom is -0.480 e. The van der Waals surface area contributed by atoms with Gasteiger partial charge < -0.3 is 36.4 Å². The zero-order valence-electron chi connectivity index (χ0n) is 25.6. The Balaban J connectivity index is 2.73. The third-order valence-corrected chi connectivity index (χ3v) is 6.55. The number of hydrogen-bond donors (Lipinski definition) is 7. The molecule has 0 unspecified atom stereocenters. The van der Waals surface area contributed by atoms with E-state index in [1.54, 1.807) is 38.1 Å². The van der Waals surface area contributed by atoms with E-state index in [2.05, 4.69) is 27.7 Å². The average molecular weight is 637 g/mol. The first-order chi connectivity index (χ1) is 21.2. The molecule has 0 aliphatic carbocycles. The van der Waals surface area contributed by atoms with Crippen LogP contribution in [-0.4, -0.2) is 130 Å². The molecule has 2 atom stereocenters. The van der Waals surface area contributed by atoms with Crippen LogP contribution < -0.4 is 16.0 Å². The van der Waals surface area contributed by atoms with Gasteiger partial charge in [0.15, 0.2) is 0 Å². The van der Waals surface area contributed by atoms with Gasteiger partial charge in [-0.1, -0.05) is 26.0 Å². The molecule has 16 nitrogen and oxygen atoms in total. The van der Waals surface area contributed by atoms with Crippen molar-refractivity contribution in [3.8, 4) is 0 Å². The Bertz CT molecular complexity index is 1140. The first-order valence-corrected chi connectivity index (χ1v) is 14.4. The molecule has 0 bridgehead atoms. The van der Waals surface area contributed by atoms with E-state index in [-0.39, 0.29) is 45.1 Å². The Kier molecular flexibility index (Phi) is 17.6. The first-order valence-electron chi connectivity index (χ1n) is 14.4. The summed E-state index contributed by atoms with van der Waals surface area (Å²) in [5.41, 5.74) is 1.15. The Morgan fingerprint density at radius 3 is 1.82 bits per heavy atom. The van der Waals surface area contributed by atoms with Gasteiger partial charge in [0.25, 0.3) is 0 Å². The molecule has 0 spiro atoms. The zero-order chi connectivity index (χ0) is 33.9. The summed E-state index contributed by atoms with van der Waals surface area (Å²) in [4.78, 5) is 77.9. The van der Waals surface area contributed by atoms with Gasteiger partial charge in [0.2, 0.25) is 17.7 Å². The third kappa shape index (κ3) is 16.3. The minimum atomic E-state index is -1.24. The summed E-state index contributed by atoms with van der Waals surface area (Å²) in [5.74, 6) is -5.25. The van der Waals surface area contributed by atoms with Crippen molar-refractivity contribution in [3.63, 3.8) is 0 Å². The van der Waals surface area contributed by atoms with E-state index in [1.165, 1.54) is 4.90 Å². The van der Waals surface area contributed by atoms with Crippen LogP contribution in [0.15, 0.2) is 29.3 Å². The lowest BCUT2D eigenvalue weighted by Gasteiger charge is -2.24. The first kappa shape index (κ1) is 38.6. The molecule has 0 radical (unpaired) electrons. The van der Waals surface area contributed by atoms with Crippen LogP contribution in [0.2, 0.25) is 0 Å². The Labute approximate surface area is 261 Å². The quantitative estimate of drug-likeness (QED) is 0.0593. The van der Waals surface area contributed by atoms with Gasteiger partial charge in [-0.15, -0.1) is 0 Å². The predicted molar refractivity (Wildman–Crippen MR) is 164 cm³/mol. The number of carbonyl (C=O) groups excluding carboxylic acids is 3. The summed E-state index contributed by atoms with van der Waals surface area (Å²) < 4.78 is 0. The van der Waals surface area contributed by atoms with Crippen LogP contribution in [0.1, 0.15) is 38.7 Å². The molecule has 3 amide bonds. The molecule has 250 valence electrons. The number of aliphatic hydroxyl groups is 1. The van der Waals surface area contributed by atoms with Crippen molar-refractivity contribution in [1.82, 2.24) is 20.4 Å². The van der Waals surface area contributed by atoms with Crippen LogP contribution >= 0.6 is 0 Å². The third-order valence-electron chi connectivity index (χ3n) is 6.55. The second-order valence-electron chi connectivity index (χ2n) is 10.7. The normalized spacial score (nSPS) is 12.4. The topological polar surface area (TPSA) is 238 Å². The predicted octanol–water partition coefficient (Wildman–Crippen LogP) is -0.528. The number of anilines is 1.